The van der Waals surface area contributed by atoms with Crippen molar-refractivity contribution in [3.63, 3.8) is 0 Å². The van der Waals surface area contributed by atoms with E-state index in [0.717, 1.165) is 13.1 Å². The molecule has 0 amide bonds. The van der Waals surface area contributed by atoms with Gasteiger partial charge in [0.05, 0.1) is 0 Å². The van der Waals surface area contributed by atoms with Crippen molar-refractivity contribution in [2.45, 2.75) is 19.9 Å². The number of nitrogens with one attached hydrogen (secondary N) is 1. The summed E-state index contributed by atoms with van der Waals surface area (Å²) in [6.07, 6.45) is 1.19. The average molecular weight is 231 g/mol. The Kier molecular flexibility index (Phi) is 4.14. The van der Waals surface area contributed by atoms with E-state index in [1.807, 2.05) is 0 Å². The first kappa shape index (κ1) is 11.4. The average Bonchev–Trinajstić information content (AvgIpc) is 2.84. The van der Waals surface area contributed by atoms with Crippen LogP contribution < -0.4 is 5.32 Å². The van der Waals surface area contributed by atoms with Crippen molar-refractivity contribution in [3.8, 4) is 10.4 Å². The van der Waals surface area contributed by atoms with Gasteiger partial charge in [0.25, 0.3) is 0 Å². The molecule has 0 fully saturated rings. The Morgan fingerprint density at radius 2 is 1.94 bits per heavy atom. The topological polar surface area (TPSA) is 12.0 Å². The van der Waals surface area contributed by atoms with Crippen LogP contribution in [0.3, 0.4) is 0 Å². The van der Waals surface area contributed by atoms with Crippen LogP contribution in [0.1, 0.15) is 18.9 Å². The third-order valence-corrected chi connectivity index (χ3v) is 3.43. The van der Waals surface area contributed by atoms with Gasteiger partial charge >= 0.3 is 0 Å². The summed E-state index contributed by atoms with van der Waals surface area (Å²) in [5.41, 5.74) is 2.67. The molecule has 0 bridgehead atoms. The summed E-state index contributed by atoms with van der Waals surface area (Å²) in [5, 5.41) is 5.53. The van der Waals surface area contributed by atoms with E-state index in [4.69, 9.17) is 0 Å². The second kappa shape index (κ2) is 5.83. The van der Waals surface area contributed by atoms with Gasteiger partial charge in [-0.1, -0.05) is 37.3 Å². The number of hydrogen-bond acceptors (Lipinski definition) is 2. The lowest BCUT2D eigenvalue weighted by Gasteiger charge is -2.04. The molecule has 1 N–H and O–H groups in total. The van der Waals surface area contributed by atoms with E-state index >= 15 is 0 Å². The van der Waals surface area contributed by atoms with Crippen LogP contribution in [0, 0.1) is 0 Å². The van der Waals surface area contributed by atoms with Crippen molar-refractivity contribution in [1.82, 2.24) is 5.32 Å². The third kappa shape index (κ3) is 2.94. The predicted octanol–water partition coefficient (Wildman–Crippen LogP) is 3.91. The molecule has 0 aliphatic heterocycles. The SMILES string of the molecule is CCCNCc1ccc(-c2cccs2)cc1. The first-order valence-corrected chi connectivity index (χ1v) is 6.61. The lowest BCUT2D eigenvalue weighted by molar-refractivity contribution is 0.675. The van der Waals surface area contributed by atoms with Crippen molar-refractivity contribution in [2.75, 3.05) is 6.54 Å². The second-order valence-electron chi connectivity index (χ2n) is 3.85. The van der Waals surface area contributed by atoms with Crippen LogP contribution in [0.4, 0.5) is 0 Å². The molecular weight excluding hydrogens is 214 g/mol. The molecule has 1 heterocycles. The minimum atomic E-state index is 0.971. The highest BCUT2D eigenvalue weighted by Gasteiger charge is 1.98. The van der Waals surface area contributed by atoms with Gasteiger partial charge in [0, 0.05) is 11.4 Å². The zero-order valence-electron chi connectivity index (χ0n) is 9.57. The van der Waals surface area contributed by atoms with E-state index in [2.05, 4.69) is 54.0 Å². The number of benzene rings is 1. The molecule has 0 unspecified atom stereocenters. The largest absolute Gasteiger partial charge is 0.313 e. The van der Waals surface area contributed by atoms with Gasteiger partial charge < -0.3 is 5.32 Å². The maximum absolute atomic E-state index is 3.41. The molecule has 1 aromatic carbocycles. The first-order chi connectivity index (χ1) is 7.90. The summed E-state index contributed by atoms with van der Waals surface area (Å²) in [6, 6.07) is 13.1. The Bertz CT molecular complexity index is 403. The lowest BCUT2D eigenvalue weighted by Crippen LogP contribution is -2.13. The predicted molar refractivity (Wildman–Crippen MR) is 71.8 cm³/mol. The molecule has 2 heteroatoms. The Morgan fingerprint density at radius 3 is 2.56 bits per heavy atom. The highest BCUT2D eigenvalue weighted by atomic mass is 32.1. The van der Waals surface area contributed by atoms with Gasteiger partial charge in [0.1, 0.15) is 0 Å². The maximum Gasteiger partial charge on any atom is 0.0342 e. The summed E-state index contributed by atoms with van der Waals surface area (Å²) in [6.45, 7) is 4.25. The van der Waals surface area contributed by atoms with Crippen LogP contribution in [-0.4, -0.2) is 6.54 Å². The Balaban J connectivity index is 2.00. The van der Waals surface area contributed by atoms with Crippen molar-refractivity contribution in [3.05, 3.63) is 47.3 Å². The van der Waals surface area contributed by atoms with Crippen molar-refractivity contribution in [2.24, 2.45) is 0 Å². The molecular formula is C14H17NS. The molecule has 1 aromatic heterocycles. The number of hydrogen-bond donors (Lipinski definition) is 1. The Labute approximate surface area is 101 Å². The van der Waals surface area contributed by atoms with Crippen LogP contribution >= 0.6 is 11.3 Å². The van der Waals surface area contributed by atoms with E-state index in [9.17, 15) is 0 Å². The smallest absolute Gasteiger partial charge is 0.0342 e. The van der Waals surface area contributed by atoms with Crippen molar-refractivity contribution >= 4 is 11.3 Å². The lowest BCUT2D eigenvalue weighted by atomic mass is 10.1. The monoisotopic (exact) mass is 231 g/mol. The zero-order chi connectivity index (χ0) is 11.2. The van der Waals surface area contributed by atoms with Gasteiger partial charge in [-0.05, 0) is 35.5 Å². The quantitative estimate of drug-likeness (QED) is 0.769. The number of thiophene rings is 1. The molecule has 0 aliphatic rings. The fourth-order valence-corrected chi connectivity index (χ4v) is 2.37. The molecule has 0 saturated heterocycles. The summed E-state index contributed by atoms with van der Waals surface area (Å²) < 4.78 is 0. The third-order valence-electron chi connectivity index (χ3n) is 2.52. The summed E-state index contributed by atoms with van der Waals surface area (Å²) >= 11 is 1.79. The van der Waals surface area contributed by atoms with Gasteiger partial charge in [-0.3, -0.25) is 0 Å². The van der Waals surface area contributed by atoms with Crippen LogP contribution in [0.25, 0.3) is 10.4 Å². The van der Waals surface area contributed by atoms with Gasteiger partial charge in [0.15, 0.2) is 0 Å². The van der Waals surface area contributed by atoms with Gasteiger partial charge in [-0.15, -0.1) is 11.3 Å². The second-order valence-corrected chi connectivity index (χ2v) is 4.80. The molecule has 16 heavy (non-hydrogen) atoms. The fraction of sp³-hybridized carbons (Fsp3) is 0.286. The molecule has 0 saturated carbocycles. The molecule has 84 valence electrons. The van der Waals surface area contributed by atoms with Crippen LogP contribution in [-0.2, 0) is 6.54 Å². The molecule has 0 atom stereocenters. The molecule has 1 nitrogen and oxygen atoms in total. The van der Waals surface area contributed by atoms with Crippen LogP contribution in [0.2, 0.25) is 0 Å². The highest BCUT2D eigenvalue weighted by molar-refractivity contribution is 7.13. The van der Waals surface area contributed by atoms with E-state index in [-0.39, 0.29) is 0 Å². The normalized spacial score (nSPS) is 10.6. The molecule has 0 aliphatic carbocycles. The molecule has 2 rings (SSSR count). The molecule has 2 aromatic rings. The summed E-state index contributed by atoms with van der Waals surface area (Å²) in [7, 11) is 0. The van der Waals surface area contributed by atoms with Gasteiger partial charge in [0.2, 0.25) is 0 Å². The summed E-state index contributed by atoms with van der Waals surface area (Å²) in [4.78, 5) is 1.34. The minimum absolute atomic E-state index is 0.971. The number of rotatable bonds is 5. The summed E-state index contributed by atoms with van der Waals surface area (Å²) in [5.74, 6) is 0. The Hall–Kier alpha value is -1.12. The molecule has 0 radical (unpaired) electrons. The van der Waals surface area contributed by atoms with Crippen molar-refractivity contribution in [1.29, 1.82) is 0 Å². The van der Waals surface area contributed by atoms with Gasteiger partial charge in [-0.25, -0.2) is 0 Å². The fourth-order valence-electron chi connectivity index (χ4n) is 1.64. The van der Waals surface area contributed by atoms with E-state index in [1.165, 1.54) is 22.4 Å². The van der Waals surface area contributed by atoms with Crippen molar-refractivity contribution < 1.29 is 0 Å². The highest BCUT2D eigenvalue weighted by Crippen LogP contribution is 2.24. The Morgan fingerprint density at radius 1 is 1.12 bits per heavy atom. The standard InChI is InChI=1S/C14H17NS/c1-2-9-15-11-12-5-7-13(8-6-12)14-4-3-10-16-14/h3-8,10,15H,2,9,11H2,1H3. The maximum atomic E-state index is 3.41. The van der Waals surface area contributed by atoms with E-state index < -0.39 is 0 Å². The zero-order valence-corrected chi connectivity index (χ0v) is 10.4. The van der Waals surface area contributed by atoms with E-state index in [0.29, 0.717) is 0 Å². The first-order valence-electron chi connectivity index (χ1n) is 5.73. The van der Waals surface area contributed by atoms with Gasteiger partial charge in [-0.2, -0.15) is 0 Å². The van der Waals surface area contributed by atoms with Crippen LogP contribution in [0.5, 0.6) is 0 Å². The van der Waals surface area contributed by atoms with Crippen LogP contribution in [0.15, 0.2) is 41.8 Å². The minimum Gasteiger partial charge on any atom is -0.313 e. The molecule has 0 spiro atoms. The van der Waals surface area contributed by atoms with E-state index in [1.54, 1.807) is 11.3 Å².